The number of halogens is 2. The van der Waals surface area contributed by atoms with Crippen LogP contribution in [0.4, 0.5) is 0 Å². The molecule has 4 nitrogen and oxygen atoms in total. The van der Waals surface area contributed by atoms with E-state index in [0.717, 1.165) is 16.2 Å². The molecule has 0 saturated carbocycles. The lowest BCUT2D eigenvalue weighted by molar-refractivity contribution is 0.584. The highest BCUT2D eigenvalue weighted by Gasteiger charge is 2.16. The topological polar surface area (TPSA) is 59.1 Å². The molecule has 0 aromatic carbocycles. The van der Waals surface area contributed by atoms with Gasteiger partial charge in [-0.05, 0) is 18.6 Å². The largest absolute Gasteiger partial charge is 0.251 e. The summed E-state index contributed by atoms with van der Waals surface area (Å²) < 4.78 is 27.2. The highest BCUT2D eigenvalue weighted by atomic mass is 35.5. The molecule has 0 aliphatic rings. The normalized spacial score (nSPS) is 11.9. The van der Waals surface area contributed by atoms with Crippen LogP contribution in [-0.4, -0.2) is 19.9 Å². The van der Waals surface area contributed by atoms with Crippen molar-refractivity contribution in [1.29, 1.82) is 0 Å². The van der Waals surface area contributed by atoms with Crippen LogP contribution in [0.15, 0.2) is 22.5 Å². The van der Waals surface area contributed by atoms with Crippen LogP contribution in [0.5, 0.6) is 0 Å². The molecule has 0 fully saturated rings. The fraction of sp³-hybridized carbons (Fsp3) is 0.222. The third kappa shape index (κ3) is 3.66. The molecule has 0 radical (unpaired) electrons. The van der Waals surface area contributed by atoms with Gasteiger partial charge in [-0.1, -0.05) is 34.5 Å². The van der Waals surface area contributed by atoms with Crippen LogP contribution >= 0.6 is 45.9 Å². The van der Waals surface area contributed by atoms with Gasteiger partial charge >= 0.3 is 0 Å². The second-order valence-electron chi connectivity index (χ2n) is 3.29. The van der Waals surface area contributed by atoms with E-state index < -0.39 is 10.0 Å². The molecule has 0 atom stereocenters. The third-order valence-corrected chi connectivity index (χ3v) is 6.34. The average Bonchev–Trinajstić information content (AvgIpc) is 2.88. The van der Waals surface area contributed by atoms with Gasteiger partial charge in [-0.15, -0.1) is 11.3 Å². The summed E-state index contributed by atoms with van der Waals surface area (Å²) in [6, 6.07) is 3.67. The summed E-state index contributed by atoms with van der Waals surface area (Å²) in [5.74, 6) is 0. The monoisotopic (exact) mass is 342 g/mol. The van der Waals surface area contributed by atoms with Crippen molar-refractivity contribution in [3.8, 4) is 0 Å². The van der Waals surface area contributed by atoms with Crippen molar-refractivity contribution in [2.24, 2.45) is 0 Å². The predicted octanol–water partition coefficient (Wildman–Crippen LogP) is 3.03. The van der Waals surface area contributed by atoms with Crippen molar-refractivity contribution in [1.82, 2.24) is 9.71 Å². The number of hydrogen-bond donors (Lipinski definition) is 1. The van der Waals surface area contributed by atoms with Crippen molar-refractivity contribution < 1.29 is 8.42 Å². The first-order valence-electron chi connectivity index (χ1n) is 4.82. The summed E-state index contributed by atoms with van der Waals surface area (Å²) in [6.45, 7) is 0.314. The molecule has 98 valence electrons. The maximum Gasteiger partial charge on any atom is 0.251 e. The zero-order valence-electron chi connectivity index (χ0n) is 8.89. The summed E-state index contributed by atoms with van der Waals surface area (Å²) in [5, 5.41) is 0. The van der Waals surface area contributed by atoms with E-state index in [4.69, 9.17) is 23.2 Å². The summed E-state index contributed by atoms with van der Waals surface area (Å²) >= 11 is 13.8. The van der Waals surface area contributed by atoms with E-state index in [1.54, 1.807) is 6.07 Å². The molecular formula is C9H8Cl2N2O2S3. The van der Waals surface area contributed by atoms with E-state index in [1.165, 1.54) is 17.5 Å². The smallest absolute Gasteiger partial charge is 0.232 e. The van der Waals surface area contributed by atoms with Gasteiger partial charge in [0.2, 0.25) is 0 Å². The van der Waals surface area contributed by atoms with Gasteiger partial charge in [-0.2, -0.15) is 0 Å². The SMILES string of the molecule is O=S(=O)(NCCc1ccc(Cl)s1)c1cnc(Cl)s1. The lowest BCUT2D eigenvalue weighted by atomic mass is 10.3. The van der Waals surface area contributed by atoms with E-state index in [-0.39, 0.29) is 8.68 Å². The molecule has 0 aliphatic carbocycles. The van der Waals surface area contributed by atoms with Crippen LogP contribution in [0.3, 0.4) is 0 Å². The molecular weight excluding hydrogens is 335 g/mol. The molecule has 0 unspecified atom stereocenters. The molecule has 0 spiro atoms. The van der Waals surface area contributed by atoms with Crippen LogP contribution < -0.4 is 4.72 Å². The maximum atomic E-state index is 11.8. The van der Waals surface area contributed by atoms with Crippen molar-refractivity contribution in [2.45, 2.75) is 10.6 Å². The van der Waals surface area contributed by atoms with Gasteiger partial charge in [0.05, 0.1) is 10.5 Å². The minimum absolute atomic E-state index is 0.122. The summed E-state index contributed by atoms with van der Waals surface area (Å²) in [7, 11) is -3.51. The minimum Gasteiger partial charge on any atom is -0.232 e. The number of nitrogens with one attached hydrogen (secondary N) is 1. The first kappa shape index (κ1) is 14.2. The molecule has 0 aliphatic heterocycles. The number of nitrogens with zero attached hydrogens (tertiary/aromatic N) is 1. The van der Waals surface area contributed by atoms with E-state index in [1.807, 2.05) is 6.07 Å². The lowest BCUT2D eigenvalue weighted by Crippen LogP contribution is -2.25. The predicted molar refractivity (Wildman–Crippen MR) is 75.3 cm³/mol. The minimum atomic E-state index is -3.51. The molecule has 0 saturated heterocycles. The molecule has 0 bridgehead atoms. The van der Waals surface area contributed by atoms with Crippen molar-refractivity contribution in [3.05, 3.63) is 32.0 Å². The highest BCUT2D eigenvalue weighted by Crippen LogP contribution is 2.23. The Bertz CT molecular complexity index is 636. The Kier molecular flexibility index (Phi) is 4.63. The Morgan fingerprint density at radius 3 is 2.61 bits per heavy atom. The third-order valence-electron chi connectivity index (χ3n) is 2.01. The fourth-order valence-corrected chi connectivity index (χ4v) is 4.69. The number of aromatic nitrogens is 1. The Morgan fingerprint density at radius 2 is 2.06 bits per heavy atom. The van der Waals surface area contributed by atoms with E-state index in [2.05, 4.69) is 9.71 Å². The second-order valence-corrected chi connectivity index (χ2v) is 8.69. The first-order chi connectivity index (χ1) is 8.47. The summed E-state index contributed by atoms with van der Waals surface area (Å²) in [6.07, 6.45) is 1.85. The lowest BCUT2D eigenvalue weighted by Gasteiger charge is -2.02. The summed E-state index contributed by atoms with van der Waals surface area (Å²) in [4.78, 5) is 4.73. The van der Waals surface area contributed by atoms with Crippen LogP contribution in [0.1, 0.15) is 4.88 Å². The molecule has 18 heavy (non-hydrogen) atoms. The Hall–Kier alpha value is -0.180. The maximum absolute atomic E-state index is 11.8. The van der Waals surface area contributed by atoms with Gasteiger partial charge in [0.25, 0.3) is 10.0 Å². The second kappa shape index (κ2) is 5.85. The number of thiophene rings is 1. The van der Waals surface area contributed by atoms with Crippen LogP contribution in [-0.2, 0) is 16.4 Å². The molecule has 9 heteroatoms. The van der Waals surface area contributed by atoms with Gasteiger partial charge in [0.15, 0.2) is 8.68 Å². The van der Waals surface area contributed by atoms with E-state index in [0.29, 0.717) is 17.3 Å². The van der Waals surface area contributed by atoms with E-state index >= 15 is 0 Å². The zero-order chi connectivity index (χ0) is 13.2. The molecule has 0 amide bonds. The van der Waals surface area contributed by atoms with Crippen LogP contribution in [0.2, 0.25) is 8.80 Å². The number of thiazole rings is 1. The number of rotatable bonds is 5. The zero-order valence-corrected chi connectivity index (χ0v) is 12.9. The quantitative estimate of drug-likeness (QED) is 0.908. The van der Waals surface area contributed by atoms with Crippen molar-refractivity contribution in [3.63, 3.8) is 0 Å². The molecule has 2 aromatic heterocycles. The average molecular weight is 343 g/mol. The Labute approximate surface area is 123 Å². The van der Waals surface area contributed by atoms with Gasteiger partial charge in [-0.25, -0.2) is 18.1 Å². The van der Waals surface area contributed by atoms with Gasteiger partial charge < -0.3 is 0 Å². The fourth-order valence-electron chi connectivity index (χ4n) is 1.23. The van der Waals surface area contributed by atoms with Crippen LogP contribution in [0.25, 0.3) is 0 Å². The van der Waals surface area contributed by atoms with Crippen molar-refractivity contribution >= 4 is 55.9 Å². The molecule has 1 N–H and O–H groups in total. The van der Waals surface area contributed by atoms with Crippen LogP contribution in [0, 0.1) is 0 Å². The Balaban J connectivity index is 1.93. The van der Waals surface area contributed by atoms with Crippen molar-refractivity contribution in [2.75, 3.05) is 6.54 Å². The van der Waals surface area contributed by atoms with Gasteiger partial charge in [0.1, 0.15) is 0 Å². The summed E-state index contributed by atoms with van der Waals surface area (Å²) in [5.41, 5.74) is 0. The Morgan fingerprint density at radius 1 is 1.28 bits per heavy atom. The first-order valence-corrected chi connectivity index (χ1v) is 8.70. The number of hydrogen-bond acceptors (Lipinski definition) is 5. The standard InChI is InChI=1S/C9H8Cl2N2O2S3/c10-7-2-1-6(16-7)3-4-13-18(14,15)8-5-12-9(11)17-8/h1-2,5,13H,3-4H2. The molecule has 2 rings (SSSR count). The van der Waals surface area contributed by atoms with Gasteiger partial charge in [0, 0.05) is 11.4 Å². The molecule has 2 aromatic rings. The van der Waals surface area contributed by atoms with Gasteiger partial charge in [-0.3, -0.25) is 0 Å². The number of sulfonamides is 1. The molecule has 2 heterocycles. The highest BCUT2D eigenvalue weighted by molar-refractivity contribution is 7.91. The van der Waals surface area contributed by atoms with E-state index in [9.17, 15) is 8.42 Å².